The van der Waals surface area contributed by atoms with Crippen molar-refractivity contribution in [2.45, 2.75) is 19.5 Å². The molecule has 0 aromatic heterocycles. The van der Waals surface area contributed by atoms with Gasteiger partial charge in [0.25, 0.3) is 5.91 Å². The van der Waals surface area contributed by atoms with Gasteiger partial charge in [-0.15, -0.1) is 0 Å². The smallest absolute Gasteiger partial charge is 0.255 e. The Labute approximate surface area is 181 Å². The average Bonchev–Trinajstić information content (AvgIpc) is 2.87. The van der Waals surface area contributed by atoms with Crippen LogP contribution in [0.5, 0.6) is 5.75 Å². The first-order valence-electron chi connectivity index (χ1n) is 10.0. The van der Waals surface area contributed by atoms with Gasteiger partial charge < -0.3 is 20.7 Å². The van der Waals surface area contributed by atoms with Crippen LogP contribution >= 0.6 is 11.6 Å². The lowest BCUT2D eigenvalue weighted by atomic mass is 10.1. The molecule has 30 heavy (non-hydrogen) atoms. The van der Waals surface area contributed by atoms with Crippen LogP contribution in [0.15, 0.2) is 36.4 Å². The van der Waals surface area contributed by atoms with Crippen molar-refractivity contribution in [1.29, 1.82) is 0 Å². The number of amides is 1. The number of nitrogen functional groups attached to an aromatic ring is 1. The summed E-state index contributed by atoms with van der Waals surface area (Å²) >= 11 is 6.14. The Morgan fingerprint density at radius 2 is 2.00 bits per heavy atom. The predicted molar refractivity (Wildman–Crippen MR) is 117 cm³/mol. The van der Waals surface area contributed by atoms with Crippen LogP contribution in [0.25, 0.3) is 0 Å². The monoisotopic (exact) mass is 434 g/mol. The number of hydrogen-bond donors (Lipinski definition) is 2. The molecule has 6 nitrogen and oxygen atoms in total. The second-order valence-corrected chi connectivity index (χ2v) is 8.00. The van der Waals surface area contributed by atoms with Gasteiger partial charge in [-0.1, -0.05) is 23.7 Å². The summed E-state index contributed by atoms with van der Waals surface area (Å²) in [6.45, 7) is 6.10. The first kappa shape index (κ1) is 22.3. The molecule has 1 saturated heterocycles. The van der Waals surface area contributed by atoms with Crippen molar-refractivity contribution in [3.8, 4) is 5.75 Å². The SMILES string of the molecule is CCOc1cc(N)c(Cl)cc1C(=O)NC1CN(C)CCN(Cc2ccc(F)cc2)C1. The highest BCUT2D eigenvalue weighted by molar-refractivity contribution is 6.33. The topological polar surface area (TPSA) is 70.8 Å². The quantitative estimate of drug-likeness (QED) is 0.684. The molecule has 3 N–H and O–H groups in total. The highest BCUT2D eigenvalue weighted by Gasteiger charge is 2.24. The van der Waals surface area contributed by atoms with Crippen LogP contribution in [-0.2, 0) is 6.54 Å². The Morgan fingerprint density at radius 1 is 1.27 bits per heavy atom. The summed E-state index contributed by atoms with van der Waals surface area (Å²) < 4.78 is 18.8. The van der Waals surface area contributed by atoms with Gasteiger partial charge in [0.1, 0.15) is 11.6 Å². The molecule has 1 fully saturated rings. The number of nitrogens with one attached hydrogen (secondary N) is 1. The van der Waals surface area contributed by atoms with Gasteiger partial charge in [-0.3, -0.25) is 9.69 Å². The molecule has 0 aliphatic carbocycles. The number of nitrogens with two attached hydrogens (primary N) is 1. The number of likely N-dealkylation sites (N-methyl/N-ethyl adjacent to an activating group) is 1. The Bertz CT molecular complexity index is 878. The van der Waals surface area contributed by atoms with Crippen molar-refractivity contribution in [3.05, 3.63) is 58.4 Å². The summed E-state index contributed by atoms with van der Waals surface area (Å²) in [4.78, 5) is 17.5. The molecule has 0 saturated carbocycles. The highest BCUT2D eigenvalue weighted by Crippen LogP contribution is 2.29. The summed E-state index contributed by atoms with van der Waals surface area (Å²) in [5, 5.41) is 3.43. The number of ether oxygens (including phenoxy) is 1. The minimum atomic E-state index is -0.248. The van der Waals surface area contributed by atoms with E-state index in [0.717, 1.165) is 25.2 Å². The fraction of sp³-hybridized carbons (Fsp3) is 0.409. The molecule has 2 aromatic rings. The van der Waals surface area contributed by atoms with Crippen molar-refractivity contribution in [2.75, 3.05) is 45.6 Å². The van der Waals surface area contributed by atoms with E-state index >= 15 is 0 Å². The lowest BCUT2D eigenvalue weighted by molar-refractivity contribution is 0.0920. The molecule has 2 aromatic carbocycles. The van der Waals surface area contributed by atoms with Gasteiger partial charge in [-0.2, -0.15) is 0 Å². The second kappa shape index (κ2) is 10.1. The standard InChI is InChI=1S/C22H28ClFN4O2/c1-3-30-21-11-20(25)19(23)10-18(21)22(29)26-17-13-27(2)8-9-28(14-17)12-15-4-6-16(24)7-5-15/h4-7,10-11,17H,3,8-9,12-14,25H2,1-2H3,(H,26,29). The molecule has 1 amide bonds. The Morgan fingerprint density at radius 3 is 2.70 bits per heavy atom. The molecular weight excluding hydrogens is 407 g/mol. The van der Waals surface area contributed by atoms with Crippen LogP contribution < -0.4 is 15.8 Å². The molecule has 0 radical (unpaired) electrons. The number of hydrogen-bond acceptors (Lipinski definition) is 5. The van der Waals surface area contributed by atoms with Crippen LogP contribution in [0.1, 0.15) is 22.8 Å². The molecule has 3 rings (SSSR count). The van der Waals surface area contributed by atoms with Crippen LogP contribution in [0.4, 0.5) is 10.1 Å². The molecule has 0 spiro atoms. The number of carbonyl (C=O) groups is 1. The lowest BCUT2D eigenvalue weighted by Gasteiger charge is -2.25. The third kappa shape index (κ3) is 5.84. The first-order valence-corrected chi connectivity index (χ1v) is 10.4. The molecule has 1 heterocycles. The van der Waals surface area contributed by atoms with Gasteiger partial charge >= 0.3 is 0 Å². The summed E-state index contributed by atoms with van der Waals surface area (Å²) in [6, 6.07) is 9.58. The van der Waals surface area contributed by atoms with E-state index in [1.54, 1.807) is 24.3 Å². The molecule has 1 aliphatic rings. The maximum absolute atomic E-state index is 13.2. The van der Waals surface area contributed by atoms with Crippen LogP contribution in [0.3, 0.4) is 0 Å². The number of rotatable bonds is 6. The Kier molecular flexibility index (Phi) is 7.53. The summed E-state index contributed by atoms with van der Waals surface area (Å²) in [5.74, 6) is -0.0730. The maximum atomic E-state index is 13.2. The van der Waals surface area contributed by atoms with Crippen molar-refractivity contribution < 1.29 is 13.9 Å². The highest BCUT2D eigenvalue weighted by atomic mass is 35.5. The fourth-order valence-electron chi connectivity index (χ4n) is 3.61. The minimum Gasteiger partial charge on any atom is -0.493 e. The molecule has 1 atom stereocenters. The molecular formula is C22H28ClFN4O2. The predicted octanol–water partition coefficient (Wildman–Crippen LogP) is 3.01. The number of benzene rings is 2. The van der Waals surface area contributed by atoms with E-state index in [1.165, 1.54) is 12.1 Å². The third-order valence-corrected chi connectivity index (χ3v) is 5.43. The van der Waals surface area contributed by atoms with E-state index in [4.69, 9.17) is 22.1 Å². The molecule has 0 bridgehead atoms. The Hall–Kier alpha value is -2.35. The average molecular weight is 435 g/mol. The van der Waals surface area contributed by atoms with Crippen molar-refractivity contribution in [3.63, 3.8) is 0 Å². The normalized spacial score (nSPS) is 18.1. The fourth-order valence-corrected chi connectivity index (χ4v) is 3.77. The summed E-state index contributed by atoms with van der Waals surface area (Å²) in [6.07, 6.45) is 0. The van der Waals surface area contributed by atoms with Gasteiger partial charge in [-0.05, 0) is 37.7 Å². The van der Waals surface area contributed by atoms with Gasteiger partial charge in [0.15, 0.2) is 0 Å². The zero-order valence-electron chi connectivity index (χ0n) is 17.3. The third-order valence-electron chi connectivity index (χ3n) is 5.11. The van der Waals surface area contributed by atoms with E-state index in [1.807, 2.05) is 14.0 Å². The Balaban J connectivity index is 1.73. The number of anilines is 1. The molecule has 8 heteroatoms. The van der Waals surface area contributed by atoms with E-state index < -0.39 is 0 Å². The second-order valence-electron chi connectivity index (χ2n) is 7.60. The number of carbonyl (C=O) groups excluding carboxylic acids is 1. The van der Waals surface area contributed by atoms with Crippen LogP contribution in [0.2, 0.25) is 5.02 Å². The molecule has 1 unspecified atom stereocenters. The molecule has 162 valence electrons. The van der Waals surface area contributed by atoms with Crippen molar-refractivity contribution >= 4 is 23.2 Å². The maximum Gasteiger partial charge on any atom is 0.255 e. The number of nitrogens with zero attached hydrogens (tertiary/aromatic N) is 2. The van der Waals surface area contributed by atoms with Gasteiger partial charge in [0.2, 0.25) is 0 Å². The van der Waals surface area contributed by atoms with Gasteiger partial charge in [0.05, 0.1) is 28.9 Å². The van der Waals surface area contributed by atoms with Gasteiger partial charge in [0, 0.05) is 38.8 Å². The summed E-state index contributed by atoms with van der Waals surface area (Å²) in [7, 11) is 2.03. The van der Waals surface area contributed by atoms with Crippen LogP contribution in [0, 0.1) is 5.82 Å². The summed E-state index contributed by atoms with van der Waals surface area (Å²) in [5.41, 5.74) is 7.64. The van der Waals surface area contributed by atoms with Gasteiger partial charge in [-0.25, -0.2) is 4.39 Å². The zero-order chi connectivity index (χ0) is 21.7. The van der Waals surface area contributed by atoms with Crippen molar-refractivity contribution in [1.82, 2.24) is 15.1 Å². The number of halogens is 2. The zero-order valence-corrected chi connectivity index (χ0v) is 18.1. The largest absolute Gasteiger partial charge is 0.493 e. The van der Waals surface area contributed by atoms with Crippen molar-refractivity contribution in [2.24, 2.45) is 0 Å². The van der Waals surface area contributed by atoms with E-state index in [-0.39, 0.29) is 17.8 Å². The van der Waals surface area contributed by atoms with E-state index in [9.17, 15) is 9.18 Å². The van der Waals surface area contributed by atoms with E-state index in [2.05, 4.69) is 15.1 Å². The van der Waals surface area contributed by atoms with E-state index in [0.29, 0.717) is 41.7 Å². The minimum absolute atomic E-state index is 0.0868. The van der Waals surface area contributed by atoms with Crippen LogP contribution in [-0.4, -0.2) is 61.6 Å². The molecule has 1 aliphatic heterocycles. The first-order chi connectivity index (χ1) is 14.4. The lowest BCUT2D eigenvalue weighted by Crippen LogP contribution is -2.46.